The fourth-order valence-electron chi connectivity index (χ4n) is 3.75. The number of nitrogens with zero attached hydrogens (tertiary/aromatic N) is 1. The SMILES string of the molecule is CC[C@](O)(c1ccc(C)cc1)[C@@H](CN1CCOCC1)c1ccccc1. The molecule has 1 aliphatic heterocycles. The van der Waals surface area contributed by atoms with Crippen LogP contribution in [0, 0.1) is 6.92 Å². The number of hydrogen-bond donors (Lipinski definition) is 1. The zero-order chi connectivity index (χ0) is 17.7. The Bertz CT molecular complexity index is 649. The molecule has 0 amide bonds. The zero-order valence-corrected chi connectivity index (χ0v) is 15.3. The Hall–Kier alpha value is -1.68. The lowest BCUT2D eigenvalue weighted by molar-refractivity contribution is -0.0250. The Kier molecular flexibility index (Phi) is 5.89. The van der Waals surface area contributed by atoms with Crippen LogP contribution in [0.4, 0.5) is 0 Å². The van der Waals surface area contributed by atoms with Crippen LogP contribution in [0.5, 0.6) is 0 Å². The number of aliphatic hydroxyl groups is 1. The van der Waals surface area contributed by atoms with Gasteiger partial charge in [-0.3, -0.25) is 4.90 Å². The largest absolute Gasteiger partial charge is 0.384 e. The van der Waals surface area contributed by atoms with E-state index in [1.54, 1.807) is 0 Å². The third-order valence-corrected chi connectivity index (χ3v) is 5.41. The molecule has 3 rings (SSSR count). The van der Waals surface area contributed by atoms with Gasteiger partial charge >= 0.3 is 0 Å². The predicted molar refractivity (Wildman–Crippen MR) is 102 cm³/mol. The minimum atomic E-state index is -0.882. The molecule has 1 fully saturated rings. The van der Waals surface area contributed by atoms with Crippen molar-refractivity contribution in [3.63, 3.8) is 0 Å². The highest BCUT2D eigenvalue weighted by molar-refractivity contribution is 5.33. The summed E-state index contributed by atoms with van der Waals surface area (Å²) in [6.45, 7) is 8.40. The van der Waals surface area contributed by atoms with E-state index in [4.69, 9.17) is 4.74 Å². The van der Waals surface area contributed by atoms with Gasteiger partial charge < -0.3 is 9.84 Å². The molecule has 1 N–H and O–H groups in total. The summed E-state index contributed by atoms with van der Waals surface area (Å²) in [6, 6.07) is 18.8. The van der Waals surface area contributed by atoms with E-state index in [9.17, 15) is 5.11 Å². The van der Waals surface area contributed by atoms with Gasteiger partial charge in [0.15, 0.2) is 0 Å². The maximum Gasteiger partial charge on any atom is 0.0974 e. The van der Waals surface area contributed by atoms with Gasteiger partial charge in [0.05, 0.1) is 18.8 Å². The van der Waals surface area contributed by atoms with E-state index in [0.29, 0.717) is 6.42 Å². The third kappa shape index (κ3) is 4.12. The molecule has 3 heteroatoms. The number of hydrogen-bond acceptors (Lipinski definition) is 3. The number of ether oxygens (including phenoxy) is 1. The molecule has 0 saturated carbocycles. The molecule has 0 aliphatic carbocycles. The van der Waals surface area contributed by atoms with Crippen LogP contribution >= 0.6 is 0 Å². The maximum absolute atomic E-state index is 11.8. The summed E-state index contributed by atoms with van der Waals surface area (Å²) in [5, 5.41) is 11.8. The van der Waals surface area contributed by atoms with Gasteiger partial charge in [-0.2, -0.15) is 0 Å². The van der Waals surface area contributed by atoms with E-state index in [0.717, 1.165) is 38.4 Å². The minimum Gasteiger partial charge on any atom is -0.384 e. The van der Waals surface area contributed by atoms with Crippen molar-refractivity contribution < 1.29 is 9.84 Å². The lowest BCUT2D eigenvalue weighted by atomic mass is 9.75. The van der Waals surface area contributed by atoms with Crippen LogP contribution in [-0.4, -0.2) is 42.9 Å². The first-order chi connectivity index (χ1) is 12.1. The molecule has 0 aromatic heterocycles. The first kappa shape index (κ1) is 18.1. The van der Waals surface area contributed by atoms with Crippen molar-refractivity contribution in [1.82, 2.24) is 4.90 Å². The molecular weight excluding hydrogens is 310 g/mol. The van der Waals surface area contributed by atoms with Crippen molar-refractivity contribution in [2.75, 3.05) is 32.8 Å². The summed E-state index contributed by atoms with van der Waals surface area (Å²) in [5.41, 5.74) is 2.53. The van der Waals surface area contributed by atoms with Crippen LogP contribution in [0.1, 0.15) is 36.0 Å². The molecule has 2 aromatic carbocycles. The average Bonchev–Trinajstić information content (AvgIpc) is 2.67. The molecule has 2 aromatic rings. The highest BCUT2D eigenvalue weighted by Gasteiger charge is 2.39. The van der Waals surface area contributed by atoms with Gasteiger partial charge in [0.1, 0.15) is 0 Å². The molecule has 1 aliphatic rings. The van der Waals surface area contributed by atoms with Crippen LogP contribution < -0.4 is 0 Å². The monoisotopic (exact) mass is 339 g/mol. The summed E-state index contributed by atoms with van der Waals surface area (Å²) in [5.74, 6) is 0.0273. The normalized spacial score (nSPS) is 19.3. The van der Waals surface area contributed by atoms with E-state index in [2.05, 4.69) is 67.3 Å². The van der Waals surface area contributed by atoms with Gasteiger partial charge in [-0.05, 0) is 24.5 Å². The van der Waals surface area contributed by atoms with Crippen molar-refractivity contribution in [2.45, 2.75) is 31.8 Å². The number of benzene rings is 2. The van der Waals surface area contributed by atoms with Crippen molar-refractivity contribution in [3.8, 4) is 0 Å². The Morgan fingerprint density at radius 3 is 2.28 bits per heavy atom. The van der Waals surface area contributed by atoms with Gasteiger partial charge in [0, 0.05) is 25.6 Å². The molecule has 0 radical (unpaired) electrons. The van der Waals surface area contributed by atoms with E-state index >= 15 is 0 Å². The van der Waals surface area contributed by atoms with E-state index in [1.165, 1.54) is 11.1 Å². The van der Waals surface area contributed by atoms with Crippen LogP contribution in [-0.2, 0) is 10.3 Å². The second-order valence-electron chi connectivity index (χ2n) is 7.02. The van der Waals surface area contributed by atoms with E-state index in [-0.39, 0.29) is 5.92 Å². The second kappa shape index (κ2) is 8.13. The van der Waals surface area contributed by atoms with Crippen molar-refractivity contribution in [2.24, 2.45) is 0 Å². The molecule has 0 spiro atoms. The quantitative estimate of drug-likeness (QED) is 0.871. The van der Waals surface area contributed by atoms with E-state index in [1.807, 2.05) is 6.07 Å². The first-order valence-electron chi connectivity index (χ1n) is 9.28. The summed E-state index contributed by atoms with van der Waals surface area (Å²) in [4.78, 5) is 2.41. The smallest absolute Gasteiger partial charge is 0.0974 e. The maximum atomic E-state index is 11.8. The summed E-state index contributed by atoms with van der Waals surface area (Å²) >= 11 is 0. The van der Waals surface area contributed by atoms with Crippen molar-refractivity contribution >= 4 is 0 Å². The number of morpholine rings is 1. The third-order valence-electron chi connectivity index (χ3n) is 5.41. The lowest BCUT2D eigenvalue weighted by Crippen LogP contribution is -2.44. The van der Waals surface area contributed by atoms with Crippen LogP contribution in [0.2, 0.25) is 0 Å². The van der Waals surface area contributed by atoms with Gasteiger partial charge in [-0.25, -0.2) is 0 Å². The molecule has 1 heterocycles. The molecule has 0 bridgehead atoms. The molecule has 0 unspecified atom stereocenters. The van der Waals surface area contributed by atoms with Crippen LogP contribution in [0.25, 0.3) is 0 Å². The Morgan fingerprint density at radius 2 is 1.68 bits per heavy atom. The van der Waals surface area contributed by atoms with Gasteiger partial charge in [0.2, 0.25) is 0 Å². The molecular formula is C22H29NO2. The van der Waals surface area contributed by atoms with Crippen LogP contribution in [0.3, 0.4) is 0 Å². The Morgan fingerprint density at radius 1 is 1.04 bits per heavy atom. The topological polar surface area (TPSA) is 32.7 Å². The average molecular weight is 339 g/mol. The molecule has 3 nitrogen and oxygen atoms in total. The van der Waals surface area contributed by atoms with E-state index < -0.39 is 5.60 Å². The standard InChI is InChI=1S/C22H29NO2/c1-3-22(24,20-11-9-18(2)10-12-20)21(19-7-5-4-6-8-19)17-23-13-15-25-16-14-23/h4-12,21,24H,3,13-17H2,1-2H3/t21-,22-/m0/s1. The summed E-state index contributed by atoms with van der Waals surface area (Å²) in [7, 11) is 0. The highest BCUT2D eigenvalue weighted by Crippen LogP contribution is 2.40. The zero-order valence-electron chi connectivity index (χ0n) is 15.3. The summed E-state index contributed by atoms with van der Waals surface area (Å²) in [6.07, 6.45) is 0.681. The van der Waals surface area contributed by atoms with Crippen LogP contribution in [0.15, 0.2) is 54.6 Å². The van der Waals surface area contributed by atoms with Gasteiger partial charge in [-0.1, -0.05) is 67.1 Å². The van der Waals surface area contributed by atoms with Gasteiger partial charge in [0.25, 0.3) is 0 Å². The Balaban J connectivity index is 1.96. The fraction of sp³-hybridized carbons (Fsp3) is 0.455. The lowest BCUT2D eigenvalue weighted by Gasteiger charge is -2.40. The highest BCUT2D eigenvalue weighted by atomic mass is 16.5. The van der Waals surface area contributed by atoms with Gasteiger partial charge in [-0.15, -0.1) is 0 Å². The predicted octanol–water partition coefficient (Wildman–Crippen LogP) is 3.71. The second-order valence-corrected chi connectivity index (χ2v) is 7.02. The minimum absolute atomic E-state index is 0.0273. The molecule has 134 valence electrons. The summed E-state index contributed by atoms with van der Waals surface area (Å²) < 4.78 is 5.49. The fourth-order valence-corrected chi connectivity index (χ4v) is 3.75. The molecule has 2 atom stereocenters. The Labute approximate surface area is 151 Å². The number of rotatable bonds is 6. The first-order valence-corrected chi connectivity index (χ1v) is 9.28. The van der Waals surface area contributed by atoms with Crippen molar-refractivity contribution in [3.05, 3.63) is 71.3 Å². The molecule has 1 saturated heterocycles. The number of aryl methyl sites for hydroxylation is 1. The molecule has 25 heavy (non-hydrogen) atoms. The van der Waals surface area contributed by atoms with Crippen molar-refractivity contribution in [1.29, 1.82) is 0 Å².